The van der Waals surface area contributed by atoms with Crippen molar-refractivity contribution < 1.29 is 14.6 Å². The Balaban J connectivity index is 1.94. The first-order valence-electron chi connectivity index (χ1n) is 7.71. The van der Waals surface area contributed by atoms with Crippen LogP contribution in [0.4, 0.5) is 0 Å². The van der Waals surface area contributed by atoms with Gasteiger partial charge in [-0.25, -0.2) is 4.98 Å². The molecule has 3 aromatic rings. The second-order valence-electron chi connectivity index (χ2n) is 5.31. The van der Waals surface area contributed by atoms with Gasteiger partial charge in [-0.1, -0.05) is 36.4 Å². The molecule has 0 aliphatic rings. The number of hydrogen-bond donors (Lipinski definition) is 1. The average Bonchev–Trinajstić information content (AvgIpc) is 2.67. The number of nitrogens with zero attached hydrogens (tertiary/aromatic N) is 1. The largest absolute Gasteiger partial charge is 0.497 e. The number of methoxy groups -OCH3 is 1. The van der Waals surface area contributed by atoms with Crippen molar-refractivity contribution in [2.75, 3.05) is 7.11 Å². The van der Waals surface area contributed by atoms with E-state index in [9.17, 15) is 5.11 Å². The van der Waals surface area contributed by atoms with Crippen LogP contribution in [0.2, 0.25) is 0 Å². The van der Waals surface area contributed by atoms with Crippen LogP contribution < -0.4 is 9.47 Å². The minimum Gasteiger partial charge on any atom is -0.497 e. The van der Waals surface area contributed by atoms with E-state index >= 15 is 0 Å². The van der Waals surface area contributed by atoms with Gasteiger partial charge in [0, 0.05) is 11.8 Å². The standard InChI is InChI=1S/C20H19NO3/c1-23-17-10-9-16(13-22)19(12-17)18-8-5-11-21-20(18)24-14-15-6-3-2-4-7-15/h2-12,22H,13-14H2,1H3. The molecule has 0 bridgehead atoms. The zero-order chi connectivity index (χ0) is 16.8. The first kappa shape index (κ1) is 16.0. The zero-order valence-electron chi connectivity index (χ0n) is 13.5. The molecule has 0 saturated carbocycles. The fourth-order valence-corrected chi connectivity index (χ4v) is 2.51. The van der Waals surface area contributed by atoms with E-state index in [0.717, 1.165) is 28.0 Å². The highest BCUT2D eigenvalue weighted by Gasteiger charge is 2.13. The van der Waals surface area contributed by atoms with Gasteiger partial charge in [0.15, 0.2) is 0 Å². The number of ether oxygens (including phenoxy) is 2. The molecule has 2 aromatic carbocycles. The molecule has 4 heteroatoms. The molecule has 0 radical (unpaired) electrons. The maximum absolute atomic E-state index is 9.64. The van der Waals surface area contributed by atoms with Gasteiger partial charge in [-0.3, -0.25) is 0 Å². The van der Waals surface area contributed by atoms with Gasteiger partial charge in [-0.05, 0) is 41.0 Å². The Kier molecular flexibility index (Phi) is 5.08. The summed E-state index contributed by atoms with van der Waals surface area (Å²) >= 11 is 0. The molecule has 4 nitrogen and oxygen atoms in total. The maximum atomic E-state index is 9.64. The molecule has 3 rings (SSSR count). The molecule has 0 fully saturated rings. The molecule has 24 heavy (non-hydrogen) atoms. The number of aliphatic hydroxyl groups is 1. The third-order valence-corrected chi connectivity index (χ3v) is 3.77. The van der Waals surface area contributed by atoms with Crippen molar-refractivity contribution in [1.82, 2.24) is 4.98 Å². The Hall–Kier alpha value is -2.85. The molecule has 0 aliphatic heterocycles. The molecule has 1 N–H and O–H groups in total. The van der Waals surface area contributed by atoms with Crippen molar-refractivity contribution in [3.63, 3.8) is 0 Å². The zero-order valence-corrected chi connectivity index (χ0v) is 13.5. The van der Waals surface area contributed by atoms with Crippen molar-refractivity contribution in [2.24, 2.45) is 0 Å². The van der Waals surface area contributed by atoms with E-state index in [0.29, 0.717) is 12.5 Å². The molecule has 0 unspecified atom stereocenters. The van der Waals surface area contributed by atoms with Crippen molar-refractivity contribution in [3.8, 4) is 22.8 Å². The van der Waals surface area contributed by atoms with Crippen molar-refractivity contribution >= 4 is 0 Å². The summed E-state index contributed by atoms with van der Waals surface area (Å²) in [6.07, 6.45) is 1.70. The van der Waals surface area contributed by atoms with Crippen molar-refractivity contribution in [1.29, 1.82) is 0 Å². The Morgan fingerprint density at radius 2 is 1.79 bits per heavy atom. The lowest BCUT2D eigenvalue weighted by Gasteiger charge is -2.14. The predicted octanol–water partition coefficient (Wildman–Crippen LogP) is 3.83. The van der Waals surface area contributed by atoms with Gasteiger partial charge < -0.3 is 14.6 Å². The monoisotopic (exact) mass is 321 g/mol. The normalized spacial score (nSPS) is 10.4. The van der Waals surface area contributed by atoms with Crippen molar-refractivity contribution in [2.45, 2.75) is 13.2 Å². The smallest absolute Gasteiger partial charge is 0.221 e. The third kappa shape index (κ3) is 3.55. The lowest BCUT2D eigenvalue weighted by atomic mass is 10.0. The summed E-state index contributed by atoms with van der Waals surface area (Å²) in [6, 6.07) is 19.3. The summed E-state index contributed by atoms with van der Waals surface area (Å²) in [6.45, 7) is 0.371. The Labute approximate surface area is 141 Å². The average molecular weight is 321 g/mol. The summed E-state index contributed by atoms with van der Waals surface area (Å²) in [5.41, 5.74) is 3.56. The number of hydrogen-bond acceptors (Lipinski definition) is 4. The fourth-order valence-electron chi connectivity index (χ4n) is 2.51. The highest BCUT2D eigenvalue weighted by atomic mass is 16.5. The SMILES string of the molecule is COc1ccc(CO)c(-c2cccnc2OCc2ccccc2)c1. The molecular weight excluding hydrogens is 302 g/mol. The number of aromatic nitrogens is 1. The molecule has 122 valence electrons. The van der Waals surface area contributed by atoms with E-state index in [-0.39, 0.29) is 6.61 Å². The van der Waals surface area contributed by atoms with E-state index in [2.05, 4.69) is 4.98 Å². The molecule has 0 aliphatic carbocycles. The Morgan fingerprint density at radius 3 is 2.54 bits per heavy atom. The van der Waals surface area contributed by atoms with Gasteiger partial charge in [0.2, 0.25) is 5.88 Å². The predicted molar refractivity (Wildman–Crippen MR) is 92.9 cm³/mol. The second-order valence-corrected chi connectivity index (χ2v) is 5.31. The van der Waals surface area contributed by atoms with Crippen LogP contribution in [0.5, 0.6) is 11.6 Å². The molecule has 0 spiro atoms. The van der Waals surface area contributed by atoms with E-state index in [1.807, 2.05) is 60.7 Å². The minimum atomic E-state index is -0.0631. The van der Waals surface area contributed by atoms with Gasteiger partial charge in [0.1, 0.15) is 12.4 Å². The fraction of sp³-hybridized carbons (Fsp3) is 0.150. The summed E-state index contributed by atoms with van der Waals surface area (Å²) in [7, 11) is 1.62. The van der Waals surface area contributed by atoms with Crippen LogP contribution in [0.1, 0.15) is 11.1 Å². The van der Waals surface area contributed by atoms with Crippen LogP contribution in [0, 0.1) is 0 Å². The third-order valence-electron chi connectivity index (χ3n) is 3.77. The molecule has 0 atom stereocenters. The first-order valence-corrected chi connectivity index (χ1v) is 7.71. The van der Waals surface area contributed by atoms with Crippen LogP contribution in [0.3, 0.4) is 0 Å². The van der Waals surface area contributed by atoms with Gasteiger partial charge in [-0.15, -0.1) is 0 Å². The van der Waals surface area contributed by atoms with E-state index in [4.69, 9.17) is 9.47 Å². The molecule has 1 aromatic heterocycles. The highest BCUT2D eigenvalue weighted by Crippen LogP contribution is 2.33. The van der Waals surface area contributed by atoms with Gasteiger partial charge >= 0.3 is 0 Å². The minimum absolute atomic E-state index is 0.0631. The number of pyridine rings is 1. The van der Waals surface area contributed by atoms with Gasteiger partial charge in [-0.2, -0.15) is 0 Å². The lowest BCUT2D eigenvalue weighted by Crippen LogP contribution is -2.00. The lowest BCUT2D eigenvalue weighted by molar-refractivity contribution is 0.281. The number of aliphatic hydroxyl groups excluding tert-OH is 1. The van der Waals surface area contributed by atoms with Crippen LogP contribution in [-0.2, 0) is 13.2 Å². The van der Waals surface area contributed by atoms with Crippen LogP contribution >= 0.6 is 0 Å². The van der Waals surface area contributed by atoms with Crippen LogP contribution in [0.15, 0.2) is 66.9 Å². The topological polar surface area (TPSA) is 51.6 Å². The molecule has 0 saturated heterocycles. The maximum Gasteiger partial charge on any atom is 0.221 e. The van der Waals surface area contributed by atoms with E-state index in [1.165, 1.54) is 0 Å². The summed E-state index contributed by atoms with van der Waals surface area (Å²) in [4.78, 5) is 4.36. The quantitative estimate of drug-likeness (QED) is 0.750. The molecular formula is C20H19NO3. The highest BCUT2D eigenvalue weighted by molar-refractivity contribution is 5.73. The molecule has 0 amide bonds. The Morgan fingerprint density at radius 1 is 0.958 bits per heavy atom. The van der Waals surface area contributed by atoms with Crippen molar-refractivity contribution in [3.05, 3.63) is 78.0 Å². The van der Waals surface area contributed by atoms with E-state index < -0.39 is 0 Å². The van der Waals surface area contributed by atoms with E-state index in [1.54, 1.807) is 13.3 Å². The summed E-state index contributed by atoms with van der Waals surface area (Å²) in [5, 5.41) is 9.64. The number of rotatable bonds is 6. The van der Waals surface area contributed by atoms with Crippen LogP contribution in [0.25, 0.3) is 11.1 Å². The first-order chi connectivity index (χ1) is 11.8. The van der Waals surface area contributed by atoms with Gasteiger partial charge in [0.25, 0.3) is 0 Å². The molecule has 1 heterocycles. The summed E-state index contributed by atoms with van der Waals surface area (Å²) in [5.74, 6) is 1.25. The number of benzene rings is 2. The van der Waals surface area contributed by atoms with Gasteiger partial charge in [0.05, 0.1) is 13.7 Å². The summed E-state index contributed by atoms with van der Waals surface area (Å²) < 4.78 is 11.2. The Bertz CT molecular complexity index is 803. The second kappa shape index (κ2) is 7.62. The van der Waals surface area contributed by atoms with Crippen LogP contribution in [-0.4, -0.2) is 17.2 Å².